The van der Waals surface area contributed by atoms with Crippen LogP contribution in [0.5, 0.6) is 5.75 Å². The fourth-order valence-corrected chi connectivity index (χ4v) is 5.16. The van der Waals surface area contributed by atoms with E-state index in [9.17, 15) is 19.2 Å². The second-order valence-electron chi connectivity index (χ2n) is 8.76. The minimum atomic E-state index is -0.880. The Hall–Kier alpha value is -4.31. The Morgan fingerprint density at radius 1 is 1.19 bits per heavy atom. The maximum Gasteiger partial charge on any atom is 0.349 e. The monoisotopic (exact) mass is 517 g/mol. The first kappa shape index (κ1) is 24.4. The van der Waals surface area contributed by atoms with Gasteiger partial charge in [-0.2, -0.15) is 0 Å². The molecule has 2 aromatic heterocycles. The molecule has 3 heterocycles. The van der Waals surface area contributed by atoms with Crippen molar-refractivity contribution in [3.63, 3.8) is 0 Å². The van der Waals surface area contributed by atoms with Crippen LogP contribution in [0.2, 0.25) is 0 Å². The molecule has 9 nitrogen and oxygen atoms in total. The van der Waals surface area contributed by atoms with Crippen molar-refractivity contribution < 1.29 is 23.9 Å². The zero-order valence-corrected chi connectivity index (χ0v) is 21.1. The number of hydrogen-bond acceptors (Lipinski definition) is 8. The van der Waals surface area contributed by atoms with E-state index in [1.807, 2.05) is 30.3 Å². The normalized spacial score (nSPS) is 15.4. The van der Waals surface area contributed by atoms with E-state index in [4.69, 9.17) is 9.47 Å². The molecule has 10 heteroatoms. The first-order valence-corrected chi connectivity index (χ1v) is 12.4. The molecule has 0 radical (unpaired) electrons. The summed E-state index contributed by atoms with van der Waals surface area (Å²) in [5, 5.41) is 3.00. The number of nitrogens with one attached hydrogen (secondary N) is 1. The van der Waals surface area contributed by atoms with Gasteiger partial charge in [0.15, 0.2) is 11.9 Å². The summed E-state index contributed by atoms with van der Waals surface area (Å²) in [6.45, 7) is 5.02. The van der Waals surface area contributed by atoms with Crippen LogP contribution in [0.1, 0.15) is 51.0 Å². The van der Waals surface area contributed by atoms with Gasteiger partial charge in [0.2, 0.25) is 0 Å². The number of Topliss-reactive ketones (excluding diaryl/α,β-unsaturated/α-hetero) is 1. The number of fused-ring (bicyclic) bond motifs is 2. The van der Waals surface area contributed by atoms with Crippen molar-refractivity contribution >= 4 is 44.9 Å². The lowest BCUT2D eigenvalue weighted by Gasteiger charge is -2.24. The molecule has 0 saturated heterocycles. The van der Waals surface area contributed by atoms with E-state index in [2.05, 4.69) is 10.3 Å². The Morgan fingerprint density at radius 3 is 2.70 bits per heavy atom. The molecule has 1 aliphatic rings. The van der Waals surface area contributed by atoms with Crippen LogP contribution < -0.4 is 15.6 Å². The predicted molar refractivity (Wildman–Crippen MR) is 138 cm³/mol. The molecule has 2 unspecified atom stereocenters. The highest BCUT2D eigenvalue weighted by Gasteiger charge is 2.27. The van der Waals surface area contributed by atoms with E-state index in [0.717, 1.165) is 16.9 Å². The van der Waals surface area contributed by atoms with Crippen molar-refractivity contribution in [1.82, 2.24) is 9.55 Å². The van der Waals surface area contributed by atoms with Crippen molar-refractivity contribution in [3.8, 4) is 5.75 Å². The number of ether oxygens (including phenoxy) is 2. The fraction of sp³-hybridized carbons (Fsp3) is 0.222. The SMILES string of the molecule is Cc1c(C(=O)OCc2ccccc2)sc2ncn(C(C)C(=O)c3ccc4c(c3)NC(=O)C(C)O4)c(=O)c12. The van der Waals surface area contributed by atoms with Crippen LogP contribution in [-0.2, 0) is 16.1 Å². The topological polar surface area (TPSA) is 117 Å². The van der Waals surface area contributed by atoms with E-state index >= 15 is 0 Å². The fourth-order valence-electron chi connectivity index (χ4n) is 4.13. The Labute approximate surface area is 215 Å². The van der Waals surface area contributed by atoms with Gasteiger partial charge in [-0.25, -0.2) is 9.78 Å². The summed E-state index contributed by atoms with van der Waals surface area (Å²) in [6.07, 6.45) is 0.687. The number of aromatic nitrogens is 2. The lowest BCUT2D eigenvalue weighted by atomic mass is 10.0. The number of thiophene rings is 1. The van der Waals surface area contributed by atoms with Gasteiger partial charge in [0.25, 0.3) is 11.5 Å². The molecule has 188 valence electrons. The number of carbonyl (C=O) groups is 3. The van der Waals surface area contributed by atoms with Gasteiger partial charge in [-0.15, -0.1) is 11.3 Å². The number of benzene rings is 2. The molecule has 0 aliphatic carbocycles. The molecule has 37 heavy (non-hydrogen) atoms. The summed E-state index contributed by atoms with van der Waals surface area (Å²) in [7, 11) is 0. The Bertz CT molecular complexity index is 1610. The number of aryl methyl sites for hydroxylation is 1. The average Bonchev–Trinajstić information content (AvgIpc) is 3.24. The Balaban J connectivity index is 1.41. The predicted octanol–water partition coefficient (Wildman–Crippen LogP) is 4.29. The quantitative estimate of drug-likeness (QED) is 0.300. The molecule has 1 amide bonds. The molecule has 1 aliphatic heterocycles. The molecule has 0 saturated carbocycles. The van der Waals surface area contributed by atoms with Gasteiger partial charge in [-0.3, -0.25) is 19.0 Å². The summed E-state index contributed by atoms with van der Waals surface area (Å²) < 4.78 is 12.2. The first-order valence-electron chi connectivity index (χ1n) is 11.6. The highest BCUT2D eigenvalue weighted by atomic mass is 32.1. The minimum absolute atomic E-state index is 0.113. The zero-order chi connectivity index (χ0) is 26.3. The third-order valence-electron chi connectivity index (χ3n) is 6.27. The molecule has 4 aromatic rings. The van der Waals surface area contributed by atoms with Crippen LogP contribution in [-0.4, -0.2) is 33.3 Å². The van der Waals surface area contributed by atoms with Crippen molar-refractivity contribution in [2.45, 2.75) is 39.5 Å². The van der Waals surface area contributed by atoms with Gasteiger partial charge < -0.3 is 14.8 Å². The average molecular weight is 518 g/mol. The molecule has 1 N–H and O–H groups in total. The smallest absolute Gasteiger partial charge is 0.349 e. The largest absolute Gasteiger partial charge is 0.479 e. The summed E-state index contributed by atoms with van der Waals surface area (Å²) in [6, 6.07) is 13.2. The van der Waals surface area contributed by atoms with Gasteiger partial charge in [0.05, 0.1) is 23.4 Å². The van der Waals surface area contributed by atoms with Crippen LogP contribution in [0.15, 0.2) is 59.7 Å². The first-order chi connectivity index (χ1) is 17.7. The second-order valence-corrected chi connectivity index (χ2v) is 9.75. The number of hydrogen-bond donors (Lipinski definition) is 1. The number of nitrogens with zero attached hydrogens (tertiary/aromatic N) is 2. The van der Waals surface area contributed by atoms with Crippen molar-refractivity contribution in [2.75, 3.05) is 5.32 Å². The Morgan fingerprint density at radius 2 is 1.95 bits per heavy atom. The molecule has 0 fully saturated rings. The van der Waals surface area contributed by atoms with Crippen molar-refractivity contribution in [1.29, 1.82) is 0 Å². The van der Waals surface area contributed by atoms with Crippen LogP contribution in [0, 0.1) is 6.92 Å². The van der Waals surface area contributed by atoms with E-state index in [-0.39, 0.29) is 23.7 Å². The minimum Gasteiger partial charge on any atom is -0.479 e. The third kappa shape index (κ3) is 4.51. The highest BCUT2D eigenvalue weighted by Crippen LogP contribution is 2.32. The molecular weight excluding hydrogens is 494 g/mol. The Kier molecular flexibility index (Phi) is 6.34. The summed E-state index contributed by atoms with van der Waals surface area (Å²) >= 11 is 1.08. The number of rotatable bonds is 6. The molecule has 5 rings (SSSR count). The van der Waals surface area contributed by atoms with Crippen LogP contribution in [0.4, 0.5) is 5.69 Å². The van der Waals surface area contributed by atoms with E-state index in [1.54, 1.807) is 32.9 Å². The van der Waals surface area contributed by atoms with Crippen LogP contribution >= 0.6 is 11.3 Å². The number of ketones is 1. The van der Waals surface area contributed by atoms with Crippen LogP contribution in [0.25, 0.3) is 10.2 Å². The molecular formula is C27H23N3O6S. The van der Waals surface area contributed by atoms with E-state index in [1.165, 1.54) is 17.0 Å². The molecule has 2 atom stereocenters. The maximum absolute atomic E-state index is 13.4. The number of amides is 1. The van der Waals surface area contributed by atoms with Gasteiger partial charge >= 0.3 is 5.97 Å². The van der Waals surface area contributed by atoms with Gasteiger partial charge in [0, 0.05) is 5.56 Å². The van der Waals surface area contributed by atoms with Crippen molar-refractivity contribution in [2.24, 2.45) is 0 Å². The molecule has 2 aromatic carbocycles. The molecule has 0 spiro atoms. The van der Waals surface area contributed by atoms with Crippen molar-refractivity contribution in [3.05, 3.63) is 86.8 Å². The second kappa shape index (κ2) is 9.62. The maximum atomic E-state index is 13.4. The molecule has 0 bridgehead atoms. The third-order valence-corrected chi connectivity index (χ3v) is 7.45. The lowest BCUT2D eigenvalue weighted by molar-refractivity contribution is -0.122. The number of anilines is 1. The van der Waals surface area contributed by atoms with Gasteiger partial charge in [-0.05, 0) is 50.1 Å². The van der Waals surface area contributed by atoms with Crippen LogP contribution in [0.3, 0.4) is 0 Å². The zero-order valence-electron chi connectivity index (χ0n) is 20.3. The number of carbonyl (C=O) groups excluding carboxylic acids is 3. The number of esters is 1. The van der Waals surface area contributed by atoms with E-state index < -0.39 is 23.7 Å². The summed E-state index contributed by atoms with van der Waals surface area (Å²) in [5.41, 5.74) is 1.60. The standard InChI is InChI=1S/C27H23N3O6S/c1-14-21-25(37-23(14)27(34)35-12-17-7-5-4-6-8-17)28-13-30(26(21)33)15(2)22(31)18-9-10-20-19(11-18)29-24(32)16(3)36-20/h4-11,13,15-16H,12H2,1-3H3,(H,29,32). The van der Waals surface area contributed by atoms with E-state index in [0.29, 0.717) is 32.3 Å². The summed E-state index contributed by atoms with van der Waals surface area (Å²) in [4.78, 5) is 56.4. The summed E-state index contributed by atoms with van der Waals surface area (Å²) in [5.74, 6) is -0.708. The van der Waals surface area contributed by atoms with Gasteiger partial charge in [0.1, 0.15) is 22.1 Å². The highest BCUT2D eigenvalue weighted by molar-refractivity contribution is 7.20. The van der Waals surface area contributed by atoms with Gasteiger partial charge in [-0.1, -0.05) is 30.3 Å². The lowest BCUT2D eigenvalue weighted by Crippen LogP contribution is -2.34.